The van der Waals surface area contributed by atoms with Crippen molar-refractivity contribution in [1.82, 2.24) is 4.31 Å². The second kappa shape index (κ2) is 4.71. The average Bonchev–Trinajstić information content (AvgIpc) is 2.78. The zero-order valence-corrected chi connectivity index (χ0v) is 13.2. The van der Waals surface area contributed by atoms with Crippen LogP contribution in [0.1, 0.15) is 26.7 Å². The first-order valence-electron chi connectivity index (χ1n) is 7.13. The normalized spacial score (nSPS) is 19.1. The van der Waals surface area contributed by atoms with Gasteiger partial charge in [-0.05, 0) is 50.3 Å². The SMILES string of the molecule is CC1(C)CCCN1S(=O)(=O)c1cccc2cc(N)ccc12. The lowest BCUT2D eigenvalue weighted by Crippen LogP contribution is -2.42. The number of anilines is 1. The summed E-state index contributed by atoms with van der Waals surface area (Å²) < 4.78 is 27.7. The first-order valence-corrected chi connectivity index (χ1v) is 8.57. The molecule has 21 heavy (non-hydrogen) atoms. The molecule has 0 bridgehead atoms. The largest absolute Gasteiger partial charge is 0.399 e. The Kier molecular flexibility index (Phi) is 3.22. The summed E-state index contributed by atoms with van der Waals surface area (Å²) in [6.45, 7) is 4.56. The Morgan fingerprint density at radius 3 is 2.62 bits per heavy atom. The van der Waals surface area contributed by atoms with Gasteiger partial charge in [0.1, 0.15) is 0 Å². The lowest BCUT2D eigenvalue weighted by molar-refractivity contribution is 0.292. The van der Waals surface area contributed by atoms with E-state index < -0.39 is 10.0 Å². The van der Waals surface area contributed by atoms with E-state index in [-0.39, 0.29) is 5.54 Å². The van der Waals surface area contributed by atoms with E-state index in [1.54, 1.807) is 28.6 Å². The number of rotatable bonds is 2. The lowest BCUT2D eigenvalue weighted by atomic mass is 10.0. The molecule has 0 saturated carbocycles. The van der Waals surface area contributed by atoms with E-state index in [0.29, 0.717) is 17.1 Å². The molecule has 0 atom stereocenters. The van der Waals surface area contributed by atoms with Crippen molar-refractivity contribution >= 4 is 26.5 Å². The minimum absolute atomic E-state index is 0.325. The molecule has 4 nitrogen and oxygen atoms in total. The van der Waals surface area contributed by atoms with Crippen molar-refractivity contribution in [1.29, 1.82) is 0 Å². The molecule has 0 aromatic heterocycles. The first kappa shape index (κ1) is 14.4. The number of nitrogens with zero attached hydrogens (tertiary/aromatic N) is 1. The van der Waals surface area contributed by atoms with Crippen molar-refractivity contribution in [2.75, 3.05) is 12.3 Å². The molecule has 3 rings (SSSR count). The number of nitrogens with two attached hydrogens (primary N) is 1. The van der Waals surface area contributed by atoms with Gasteiger partial charge >= 0.3 is 0 Å². The van der Waals surface area contributed by atoms with E-state index in [9.17, 15) is 8.42 Å². The van der Waals surface area contributed by atoms with Gasteiger partial charge in [-0.2, -0.15) is 4.31 Å². The van der Waals surface area contributed by atoms with Gasteiger partial charge in [0.25, 0.3) is 0 Å². The maximum atomic E-state index is 13.0. The highest BCUT2D eigenvalue weighted by molar-refractivity contribution is 7.89. The molecule has 1 fully saturated rings. The quantitative estimate of drug-likeness (QED) is 0.868. The molecule has 1 heterocycles. The monoisotopic (exact) mass is 304 g/mol. The Balaban J connectivity index is 2.20. The molecule has 0 aliphatic carbocycles. The minimum Gasteiger partial charge on any atom is -0.399 e. The number of benzene rings is 2. The molecule has 2 N–H and O–H groups in total. The Hall–Kier alpha value is -1.59. The van der Waals surface area contributed by atoms with Crippen molar-refractivity contribution in [3.63, 3.8) is 0 Å². The highest BCUT2D eigenvalue weighted by Crippen LogP contribution is 2.36. The fourth-order valence-corrected chi connectivity index (χ4v) is 5.21. The zero-order chi connectivity index (χ0) is 15.3. The second-order valence-electron chi connectivity index (χ2n) is 6.23. The van der Waals surface area contributed by atoms with E-state index >= 15 is 0 Å². The van der Waals surface area contributed by atoms with Crippen LogP contribution in [0.25, 0.3) is 10.8 Å². The van der Waals surface area contributed by atoms with Gasteiger partial charge in [-0.1, -0.05) is 18.2 Å². The Morgan fingerprint density at radius 1 is 1.19 bits per heavy atom. The van der Waals surface area contributed by atoms with Gasteiger partial charge in [-0.15, -0.1) is 0 Å². The molecular weight excluding hydrogens is 284 g/mol. The summed E-state index contributed by atoms with van der Waals surface area (Å²) in [5.74, 6) is 0. The topological polar surface area (TPSA) is 63.4 Å². The summed E-state index contributed by atoms with van der Waals surface area (Å²) in [6.07, 6.45) is 1.80. The van der Waals surface area contributed by atoms with Crippen LogP contribution in [0.2, 0.25) is 0 Å². The maximum Gasteiger partial charge on any atom is 0.244 e. The van der Waals surface area contributed by atoms with E-state index in [1.807, 2.05) is 26.0 Å². The predicted octanol–water partition coefficient (Wildman–Crippen LogP) is 2.99. The summed E-state index contributed by atoms with van der Waals surface area (Å²) in [6, 6.07) is 10.7. The fourth-order valence-electron chi connectivity index (χ4n) is 3.14. The third kappa shape index (κ3) is 2.30. The van der Waals surface area contributed by atoms with Gasteiger partial charge in [0.15, 0.2) is 0 Å². The molecule has 2 aromatic rings. The van der Waals surface area contributed by atoms with Crippen LogP contribution in [-0.2, 0) is 10.0 Å². The van der Waals surface area contributed by atoms with Gasteiger partial charge in [0.2, 0.25) is 10.0 Å². The van der Waals surface area contributed by atoms with E-state index in [0.717, 1.165) is 23.6 Å². The molecule has 0 amide bonds. The number of hydrogen-bond donors (Lipinski definition) is 1. The van der Waals surface area contributed by atoms with Crippen molar-refractivity contribution in [2.24, 2.45) is 0 Å². The molecule has 0 spiro atoms. The third-order valence-electron chi connectivity index (χ3n) is 4.26. The van der Waals surface area contributed by atoms with Crippen molar-refractivity contribution in [3.05, 3.63) is 36.4 Å². The van der Waals surface area contributed by atoms with E-state index in [2.05, 4.69) is 0 Å². The number of nitrogen functional groups attached to an aromatic ring is 1. The molecule has 1 saturated heterocycles. The molecular formula is C16H20N2O2S. The van der Waals surface area contributed by atoms with Gasteiger partial charge in [0, 0.05) is 23.2 Å². The van der Waals surface area contributed by atoms with Crippen LogP contribution in [0.4, 0.5) is 5.69 Å². The lowest BCUT2D eigenvalue weighted by Gasteiger charge is -2.30. The summed E-state index contributed by atoms with van der Waals surface area (Å²) in [4.78, 5) is 0.370. The molecule has 2 aromatic carbocycles. The van der Waals surface area contributed by atoms with Gasteiger partial charge in [-0.3, -0.25) is 0 Å². The minimum atomic E-state index is -3.49. The van der Waals surface area contributed by atoms with Crippen LogP contribution in [0.5, 0.6) is 0 Å². The van der Waals surface area contributed by atoms with Crippen LogP contribution in [0.3, 0.4) is 0 Å². The average molecular weight is 304 g/mol. The first-order chi connectivity index (χ1) is 9.82. The van der Waals surface area contributed by atoms with E-state index in [1.165, 1.54) is 0 Å². The number of sulfonamides is 1. The van der Waals surface area contributed by atoms with Crippen LogP contribution < -0.4 is 5.73 Å². The Labute approximate surface area is 125 Å². The number of hydrogen-bond acceptors (Lipinski definition) is 3. The van der Waals surface area contributed by atoms with Crippen LogP contribution >= 0.6 is 0 Å². The van der Waals surface area contributed by atoms with Crippen molar-refractivity contribution in [2.45, 2.75) is 37.1 Å². The Morgan fingerprint density at radius 2 is 1.95 bits per heavy atom. The van der Waals surface area contributed by atoms with Crippen LogP contribution in [0, 0.1) is 0 Å². The number of fused-ring (bicyclic) bond motifs is 1. The fraction of sp³-hybridized carbons (Fsp3) is 0.375. The summed E-state index contributed by atoms with van der Waals surface area (Å²) in [5.41, 5.74) is 6.10. The summed E-state index contributed by atoms with van der Waals surface area (Å²) >= 11 is 0. The highest BCUT2D eigenvalue weighted by Gasteiger charge is 2.41. The second-order valence-corrected chi connectivity index (χ2v) is 8.06. The van der Waals surface area contributed by atoms with Crippen LogP contribution in [-0.4, -0.2) is 24.8 Å². The molecule has 5 heteroatoms. The standard InChI is InChI=1S/C16H20N2O2S/c1-16(2)9-4-10-18(16)21(19,20)15-6-3-5-12-11-13(17)7-8-14(12)15/h3,5-8,11H,4,9-10,17H2,1-2H3. The third-order valence-corrected chi connectivity index (χ3v) is 6.43. The summed E-state index contributed by atoms with van der Waals surface area (Å²) in [7, 11) is -3.49. The van der Waals surface area contributed by atoms with Crippen LogP contribution in [0.15, 0.2) is 41.3 Å². The Bertz CT molecular complexity index is 797. The molecule has 1 aliphatic rings. The van der Waals surface area contributed by atoms with Gasteiger partial charge < -0.3 is 5.73 Å². The maximum absolute atomic E-state index is 13.0. The summed E-state index contributed by atoms with van der Waals surface area (Å²) in [5, 5.41) is 1.59. The van der Waals surface area contributed by atoms with E-state index in [4.69, 9.17) is 5.73 Å². The smallest absolute Gasteiger partial charge is 0.244 e. The molecule has 0 radical (unpaired) electrons. The predicted molar refractivity (Wildman–Crippen MR) is 85.6 cm³/mol. The van der Waals surface area contributed by atoms with Gasteiger partial charge in [-0.25, -0.2) is 8.42 Å². The molecule has 112 valence electrons. The van der Waals surface area contributed by atoms with Crippen molar-refractivity contribution in [3.8, 4) is 0 Å². The molecule has 1 aliphatic heterocycles. The highest BCUT2D eigenvalue weighted by atomic mass is 32.2. The molecule has 0 unspecified atom stereocenters. The van der Waals surface area contributed by atoms with Gasteiger partial charge in [0.05, 0.1) is 4.90 Å². The van der Waals surface area contributed by atoms with Crippen molar-refractivity contribution < 1.29 is 8.42 Å². The zero-order valence-electron chi connectivity index (χ0n) is 12.3.